The van der Waals surface area contributed by atoms with E-state index in [0.29, 0.717) is 11.4 Å². The standard InChI is InChI=1S/C20H14N4.C19H19N7O6/c1-2-14-10-16-5-6-18(23-16)12-20-8-7-19(24-20)11-17-4-3-15(22-17)9-13(1)21-14;20-19-25-15-14(17(30)26-19)23-11(8-22-15)7-21-10-3-1-9(2-4-10)16(29)24-12(18(31)32)5-6-13(27)28/h1-12,21,24H;1-4,8,12,21H,5-7H2,(H,24,29)(H,27,28)(H,31,32)(H3,20,22,25,26,30). The van der Waals surface area contributed by atoms with Gasteiger partial charge in [-0.25, -0.2) is 24.7 Å². The molecule has 0 radical (unpaired) electrons. The third-order valence-electron chi connectivity index (χ3n) is 8.40. The van der Waals surface area contributed by atoms with Gasteiger partial charge in [0.25, 0.3) is 11.5 Å². The maximum absolute atomic E-state index is 12.3. The van der Waals surface area contributed by atoms with Crippen molar-refractivity contribution in [1.82, 2.24) is 45.2 Å². The molecular weight excluding hydrogens is 718 g/mol. The minimum absolute atomic E-state index is 0.0524. The molecule has 7 heterocycles. The minimum Gasteiger partial charge on any atom is -0.481 e. The van der Waals surface area contributed by atoms with Crippen molar-refractivity contribution in [2.75, 3.05) is 11.1 Å². The number of H-pyrrole nitrogens is 3. The van der Waals surface area contributed by atoms with Gasteiger partial charge in [0.05, 0.1) is 41.2 Å². The molecule has 1 aromatic carbocycles. The molecule has 2 aliphatic rings. The van der Waals surface area contributed by atoms with Crippen LogP contribution in [-0.2, 0) is 16.1 Å². The van der Waals surface area contributed by atoms with Crippen LogP contribution < -0.4 is 21.9 Å². The molecule has 0 saturated heterocycles. The lowest BCUT2D eigenvalue weighted by molar-refractivity contribution is -0.140. The van der Waals surface area contributed by atoms with Crippen molar-refractivity contribution >= 4 is 87.0 Å². The molecule has 0 aliphatic carbocycles. The summed E-state index contributed by atoms with van der Waals surface area (Å²) >= 11 is 0. The van der Waals surface area contributed by atoms with Gasteiger partial charge in [-0.3, -0.25) is 19.4 Å². The molecule has 17 nitrogen and oxygen atoms in total. The molecule has 0 fully saturated rings. The molecule has 1 amide bonds. The molecule has 9 N–H and O–H groups in total. The van der Waals surface area contributed by atoms with Gasteiger partial charge in [-0.15, -0.1) is 0 Å². The summed E-state index contributed by atoms with van der Waals surface area (Å²) in [5.74, 6) is -3.16. The normalized spacial score (nSPS) is 12.1. The van der Waals surface area contributed by atoms with Crippen LogP contribution in [0, 0.1) is 0 Å². The van der Waals surface area contributed by atoms with Gasteiger partial charge in [0.15, 0.2) is 11.2 Å². The molecular formula is C39H33N11O6. The number of anilines is 2. The highest BCUT2D eigenvalue weighted by Gasteiger charge is 2.21. The van der Waals surface area contributed by atoms with Gasteiger partial charge in [-0.2, -0.15) is 4.98 Å². The summed E-state index contributed by atoms with van der Waals surface area (Å²) in [6.07, 6.45) is 8.93. The van der Waals surface area contributed by atoms with Crippen LogP contribution in [0.15, 0.2) is 83.8 Å². The van der Waals surface area contributed by atoms with Crippen LogP contribution in [-0.4, -0.2) is 74.0 Å². The first-order valence-electron chi connectivity index (χ1n) is 17.2. The maximum Gasteiger partial charge on any atom is 0.326 e. The number of nitrogens with zero attached hydrogens (tertiary/aromatic N) is 5. The molecule has 5 aromatic heterocycles. The van der Waals surface area contributed by atoms with Gasteiger partial charge >= 0.3 is 11.9 Å². The van der Waals surface area contributed by atoms with Crippen LogP contribution in [0.4, 0.5) is 11.6 Å². The first kappa shape index (κ1) is 36.4. The quantitative estimate of drug-likeness (QED) is 0.100. The van der Waals surface area contributed by atoms with Crippen LogP contribution in [0.1, 0.15) is 51.7 Å². The molecule has 280 valence electrons. The highest BCUT2D eigenvalue weighted by Crippen LogP contribution is 2.17. The predicted molar refractivity (Wildman–Crippen MR) is 211 cm³/mol. The van der Waals surface area contributed by atoms with Gasteiger partial charge in [0, 0.05) is 39.7 Å². The van der Waals surface area contributed by atoms with Crippen molar-refractivity contribution in [1.29, 1.82) is 0 Å². The second-order valence-corrected chi connectivity index (χ2v) is 12.6. The van der Waals surface area contributed by atoms with E-state index < -0.39 is 29.4 Å². The third-order valence-corrected chi connectivity index (χ3v) is 8.40. The van der Waals surface area contributed by atoms with Gasteiger partial charge in [0.1, 0.15) is 6.04 Å². The molecule has 0 spiro atoms. The number of carboxylic acid groups (broad SMARTS) is 2. The molecule has 1 unspecified atom stereocenters. The Morgan fingerprint density at radius 2 is 1.25 bits per heavy atom. The number of benzene rings is 1. The Morgan fingerprint density at radius 3 is 1.75 bits per heavy atom. The number of hydrogen-bond donors (Lipinski definition) is 8. The number of aromatic nitrogens is 8. The number of hydrogen-bond acceptors (Lipinski definition) is 11. The van der Waals surface area contributed by atoms with E-state index in [1.54, 1.807) is 12.1 Å². The maximum atomic E-state index is 12.3. The lowest BCUT2D eigenvalue weighted by Crippen LogP contribution is -2.41. The molecule has 56 heavy (non-hydrogen) atoms. The topological polar surface area (TPSA) is 271 Å². The number of amides is 1. The Morgan fingerprint density at radius 1 is 0.714 bits per heavy atom. The lowest BCUT2D eigenvalue weighted by atomic mass is 10.1. The van der Waals surface area contributed by atoms with Gasteiger partial charge < -0.3 is 36.5 Å². The monoisotopic (exact) mass is 751 g/mol. The second-order valence-electron chi connectivity index (χ2n) is 12.6. The van der Waals surface area contributed by atoms with Crippen molar-refractivity contribution in [3.8, 4) is 0 Å². The highest BCUT2D eigenvalue weighted by molar-refractivity contribution is 5.97. The Kier molecular flexibility index (Phi) is 10.4. The zero-order valence-electron chi connectivity index (χ0n) is 29.4. The summed E-state index contributed by atoms with van der Waals surface area (Å²) < 4.78 is 0. The first-order valence-corrected chi connectivity index (χ1v) is 17.2. The average Bonchev–Trinajstić information content (AvgIpc) is 4.00. The van der Waals surface area contributed by atoms with Crippen molar-refractivity contribution in [3.63, 3.8) is 0 Å². The SMILES string of the molecule is C1=Cc2cc3ccc(cc4nc(cc5ccc(cc1n2)[nH]5)C=C4)[nH]3.Nc1nc2ncc(CNc3ccc(C(=O)NC(CCC(=O)O)C(=O)O)cc3)nc2c(=O)[nH]1. The number of carbonyl (C=O) groups is 3. The molecule has 17 heteroatoms. The summed E-state index contributed by atoms with van der Waals surface area (Å²) in [7, 11) is 0. The average molecular weight is 752 g/mol. The Labute approximate surface area is 316 Å². The summed E-state index contributed by atoms with van der Waals surface area (Å²) in [4.78, 5) is 76.6. The van der Waals surface area contributed by atoms with E-state index in [-0.39, 0.29) is 42.1 Å². The number of carbonyl (C=O) groups excluding carboxylic acids is 1. The van der Waals surface area contributed by atoms with Crippen molar-refractivity contribution in [2.24, 2.45) is 0 Å². The van der Waals surface area contributed by atoms with Crippen LogP contribution in [0.5, 0.6) is 0 Å². The second kappa shape index (κ2) is 16.0. The number of nitrogens with one attached hydrogen (secondary N) is 5. The summed E-state index contributed by atoms with van der Waals surface area (Å²) in [6.45, 7) is 0.231. The minimum atomic E-state index is -1.31. The van der Waals surface area contributed by atoms with E-state index in [2.05, 4.69) is 74.8 Å². The molecule has 0 saturated carbocycles. The largest absolute Gasteiger partial charge is 0.481 e. The molecule has 2 aliphatic heterocycles. The molecule has 1 atom stereocenters. The van der Waals surface area contributed by atoms with Gasteiger partial charge in [-0.05, 0) is 104 Å². The van der Waals surface area contributed by atoms with E-state index in [1.165, 1.54) is 18.3 Å². The molecule has 8 rings (SSSR count). The van der Waals surface area contributed by atoms with E-state index >= 15 is 0 Å². The first-order chi connectivity index (χ1) is 27.0. The molecule has 8 bridgehead atoms. The summed E-state index contributed by atoms with van der Waals surface area (Å²) in [5, 5.41) is 23.2. The highest BCUT2D eigenvalue weighted by atomic mass is 16.4. The number of rotatable bonds is 9. The molecule has 6 aromatic rings. The zero-order chi connectivity index (χ0) is 39.2. The Bertz CT molecular complexity index is 2590. The van der Waals surface area contributed by atoms with E-state index in [4.69, 9.17) is 15.9 Å². The van der Waals surface area contributed by atoms with Crippen molar-refractivity contribution < 1.29 is 24.6 Å². The fourth-order valence-corrected chi connectivity index (χ4v) is 5.70. The van der Waals surface area contributed by atoms with Crippen LogP contribution in [0.2, 0.25) is 0 Å². The van der Waals surface area contributed by atoms with E-state index in [1.807, 2.05) is 48.6 Å². The Hall–Kier alpha value is -7.95. The van der Waals surface area contributed by atoms with Gasteiger partial charge in [-0.1, -0.05) is 0 Å². The van der Waals surface area contributed by atoms with E-state index in [9.17, 15) is 19.2 Å². The number of nitrogen functional groups attached to an aromatic ring is 1. The number of aliphatic carboxylic acids is 2. The number of aromatic amines is 3. The van der Waals surface area contributed by atoms with Crippen LogP contribution in [0.3, 0.4) is 0 Å². The predicted octanol–water partition coefficient (Wildman–Crippen LogP) is 4.61. The van der Waals surface area contributed by atoms with Crippen molar-refractivity contribution in [3.05, 3.63) is 123 Å². The van der Waals surface area contributed by atoms with Crippen LogP contribution in [0.25, 0.3) is 57.5 Å². The number of carboxylic acids is 2. The third kappa shape index (κ3) is 9.15. The summed E-state index contributed by atoms with van der Waals surface area (Å²) in [5.41, 5.74) is 14.3. The van der Waals surface area contributed by atoms with Crippen molar-refractivity contribution in [2.45, 2.75) is 25.4 Å². The zero-order valence-corrected chi connectivity index (χ0v) is 29.4. The Balaban J connectivity index is 0.000000178. The fourth-order valence-electron chi connectivity index (χ4n) is 5.70. The van der Waals surface area contributed by atoms with Gasteiger partial charge in [0.2, 0.25) is 5.95 Å². The fraction of sp³-hybridized carbons (Fsp3) is 0.103. The number of fused-ring (bicyclic) bond motifs is 9. The van der Waals surface area contributed by atoms with E-state index in [0.717, 1.165) is 44.8 Å². The lowest BCUT2D eigenvalue weighted by Gasteiger charge is -2.14. The number of nitrogens with two attached hydrogens (primary N) is 1. The van der Waals surface area contributed by atoms with Crippen LogP contribution >= 0.6 is 0 Å². The smallest absolute Gasteiger partial charge is 0.326 e. The summed E-state index contributed by atoms with van der Waals surface area (Å²) in [6, 6.07) is 21.2.